The molecule has 2 rings (SSSR count). The van der Waals surface area contributed by atoms with Gasteiger partial charge >= 0.3 is 5.97 Å². The van der Waals surface area contributed by atoms with Gasteiger partial charge in [0.1, 0.15) is 12.3 Å². The van der Waals surface area contributed by atoms with Crippen LogP contribution >= 0.6 is 11.6 Å². The number of carbonyl (C=O) groups excluding carboxylic acids is 3. The van der Waals surface area contributed by atoms with Crippen molar-refractivity contribution < 1.29 is 23.5 Å². The molecular formula is C17H17ClN2O5. The Morgan fingerprint density at radius 2 is 2.04 bits per heavy atom. The molecule has 7 nitrogen and oxygen atoms in total. The molecule has 2 amide bonds. The fraction of sp³-hybridized carbons (Fsp3) is 0.235. The lowest BCUT2D eigenvalue weighted by molar-refractivity contribution is -0.133. The maximum absolute atomic E-state index is 12.2. The summed E-state index contributed by atoms with van der Waals surface area (Å²) >= 11 is 6.04. The monoisotopic (exact) mass is 364 g/mol. The largest absolute Gasteiger partial charge is 0.467 e. The second-order valence-electron chi connectivity index (χ2n) is 5.19. The smallest absolute Gasteiger partial charge is 0.337 e. The summed E-state index contributed by atoms with van der Waals surface area (Å²) in [5, 5.41) is 2.86. The molecule has 0 fully saturated rings. The van der Waals surface area contributed by atoms with Crippen molar-refractivity contribution in [1.29, 1.82) is 0 Å². The zero-order valence-corrected chi connectivity index (χ0v) is 14.5. The van der Waals surface area contributed by atoms with Gasteiger partial charge in [-0.05, 0) is 30.3 Å². The van der Waals surface area contributed by atoms with Gasteiger partial charge in [-0.3, -0.25) is 9.59 Å². The molecule has 1 aromatic carbocycles. The van der Waals surface area contributed by atoms with Gasteiger partial charge in [0.05, 0.1) is 36.2 Å². The average Bonchev–Trinajstić information content (AvgIpc) is 3.08. The molecule has 0 saturated carbocycles. The lowest BCUT2D eigenvalue weighted by Crippen LogP contribution is -2.36. The van der Waals surface area contributed by atoms with Crippen LogP contribution in [-0.2, 0) is 20.9 Å². The molecule has 0 aliphatic rings. The molecule has 0 atom stereocenters. The van der Waals surface area contributed by atoms with E-state index in [4.69, 9.17) is 16.0 Å². The quantitative estimate of drug-likeness (QED) is 0.796. The van der Waals surface area contributed by atoms with Crippen molar-refractivity contribution in [2.45, 2.75) is 13.5 Å². The molecular weight excluding hydrogens is 348 g/mol. The van der Waals surface area contributed by atoms with Crippen LogP contribution in [0.5, 0.6) is 0 Å². The number of rotatable bonds is 6. The van der Waals surface area contributed by atoms with E-state index in [9.17, 15) is 14.4 Å². The number of halogens is 1. The maximum atomic E-state index is 12.2. The predicted molar refractivity (Wildman–Crippen MR) is 91.2 cm³/mol. The van der Waals surface area contributed by atoms with Crippen LogP contribution in [0.2, 0.25) is 5.02 Å². The van der Waals surface area contributed by atoms with Crippen molar-refractivity contribution in [2.75, 3.05) is 19.0 Å². The fourth-order valence-electron chi connectivity index (χ4n) is 2.10. The van der Waals surface area contributed by atoms with Crippen molar-refractivity contribution in [2.24, 2.45) is 0 Å². The second-order valence-corrected chi connectivity index (χ2v) is 5.60. The normalized spacial score (nSPS) is 10.2. The number of hydrogen-bond acceptors (Lipinski definition) is 5. The van der Waals surface area contributed by atoms with E-state index in [0.717, 1.165) is 0 Å². The van der Waals surface area contributed by atoms with Gasteiger partial charge in [0.15, 0.2) is 0 Å². The molecule has 0 aliphatic heterocycles. The number of nitrogens with zero attached hydrogens (tertiary/aromatic N) is 1. The highest BCUT2D eigenvalue weighted by atomic mass is 35.5. The Bertz CT molecular complexity index is 773. The number of furan rings is 1. The molecule has 8 heteroatoms. The van der Waals surface area contributed by atoms with Crippen LogP contribution in [0.4, 0.5) is 5.69 Å². The van der Waals surface area contributed by atoms with Crippen molar-refractivity contribution in [3.63, 3.8) is 0 Å². The molecule has 1 N–H and O–H groups in total. The van der Waals surface area contributed by atoms with E-state index in [1.807, 2.05) is 0 Å². The van der Waals surface area contributed by atoms with Crippen LogP contribution in [0.1, 0.15) is 23.0 Å². The minimum absolute atomic E-state index is 0.172. The Morgan fingerprint density at radius 1 is 1.28 bits per heavy atom. The lowest BCUT2D eigenvalue weighted by atomic mass is 10.2. The second kappa shape index (κ2) is 8.34. The number of anilines is 1. The van der Waals surface area contributed by atoms with Gasteiger partial charge in [0.25, 0.3) is 0 Å². The number of amides is 2. The van der Waals surface area contributed by atoms with E-state index in [2.05, 4.69) is 10.1 Å². The number of nitrogens with one attached hydrogen (secondary N) is 1. The Balaban J connectivity index is 2.07. The highest BCUT2D eigenvalue weighted by Crippen LogP contribution is 2.23. The highest BCUT2D eigenvalue weighted by Gasteiger charge is 2.17. The number of ether oxygens (including phenoxy) is 1. The van der Waals surface area contributed by atoms with Crippen molar-refractivity contribution in [1.82, 2.24) is 4.90 Å². The van der Waals surface area contributed by atoms with Crippen LogP contribution in [0, 0.1) is 0 Å². The van der Waals surface area contributed by atoms with Gasteiger partial charge in [-0.2, -0.15) is 0 Å². The number of methoxy groups -OCH3 is 1. The van der Waals surface area contributed by atoms with Gasteiger partial charge in [-0.15, -0.1) is 0 Å². The number of esters is 1. The maximum Gasteiger partial charge on any atom is 0.337 e. The van der Waals surface area contributed by atoms with E-state index in [0.29, 0.717) is 5.76 Å². The van der Waals surface area contributed by atoms with Gasteiger partial charge < -0.3 is 19.4 Å². The van der Waals surface area contributed by atoms with Crippen molar-refractivity contribution >= 4 is 35.1 Å². The first-order valence-electron chi connectivity index (χ1n) is 7.36. The summed E-state index contributed by atoms with van der Waals surface area (Å²) in [5.41, 5.74) is 0.511. The number of hydrogen-bond donors (Lipinski definition) is 1. The molecule has 1 aromatic heterocycles. The summed E-state index contributed by atoms with van der Waals surface area (Å²) in [5.74, 6) is -0.712. The van der Waals surface area contributed by atoms with E-state index in [-0.39, 0.29) is 35.3 Å². The zero-order valence-electron chi connectivity index (χ0n) is 13.7. The Hall–Kier alpha value is -2.80. The summed E-state index contributed by atoms with van der Waals surface area (Å²) in [6, 6.07) is 7.80. The minimum Gasteiger partial charge on any atom is -0.467 e. The molecule has 2 aromatic rings. The highest BCUT2D eigenvalue weighted by molar-refractivity contribution is 6.33. The average molecular weight is 365 g/mol. The third kappa shape index (κ3) is 5.09. The Morgan fingerprint density at radius 3 is 2.64 bits per heavy atom. The van der Waals surface area contributed by atoms with E-state index >= 15 is 0 Å². The number of carbonyl (C=O) groups is 3. The van der Waals surface area contributed by atoms with Crippen LogP contribution in [0.15, 0.2) is 41.0 Å². The molecule has 0 radical (unpaired) electrons. The topological polar surface area (TPSA) is 88.8 Å². The summed E-state index contributed by atoms with van der Waals surface area (Å²) in [6.07, 6.45) is 1.49. The van der Waals surface area contributed by atoms with Crippen LogP contribution in [0.25, 0.3) is 0 Å². The van der Waals surface area contributed by atoms with Crippen LogP contribution in [-0.4, -0.2) is 36.3 Å². The summed E-state index contributed by atoms with van der Waals surface area (Å²) in [6.45, 7) is 1.35. The summed E-state index contributed by atoms with van der Waals surface area (Å²) < 4.78 is 9.82. The predicted octanol–water partition coefficient (Wildman–Crippen LogP) is 2.71. The van der Waals surface area contributed by atoms with Gasteiger partial charge in [-0.1, -0.05) is 11.6 Å². The fourth-order valence-corrected chi connectivity index (χ4v) is 2.26. The minimum atomic E-state index is -0.546. The Kier molecular flexibility index (Phi) is 6.19. The molecule has 0 bridgehead atoms. The third-order valence-corrected chi connectivity index (χ3v) is 3.70. The molecule has 0 saturated heterocycles. The standard InChI is InChI=1S/C17H17ClN2O5/c1-11(21)20(9-13-4-3-7-25-13)10-16(22)19-15-8-12(17(23)24-2)5-6-14(15)18/h3-8H,9-10H2,1-2H3,(H,19,22). The first-order chi connectivity index (χ1) is 11.9. The number of benzene rings is 1. The third-order valence-electron chi connectivity index (χ3n) is 3.37. The summed E-state index contributed by atoms with van der Waals surface area (Å²) in [7, 11) is 1.26. The molecule has 25 heavy (non-hydrogen) atoms. The first kappa shape index (κ1) is 18.5. The van der Waals surface area contributed by atoms with Crippen molar-refractivity contribution in [3.05, 3.63) is 52.9 Å². The van der Waals surface area contributed by atoms with Gasteiger partial charge in [-0.25, -0.2) is 4.79 Å². The molecule has 0 aliphatic carbocycles. The molecule has 1 heterocycles. The van der Waals surface area contributed by atoms with Crippen molar-refractivity contribution in [3.8, 4) is 0 Å². The van der Waals surface area contributed by atoms with Gasteiger partial charge in [0.2, 0.25) is 11.8 Å². The first-order valence-corrected chi connectivity index (χ1v) is 7.74. The lowest BCUT2D eigenvalue weighted by Gasteiger charge is -2.19. The van der Waals surface area contributed by atoms with E-state index in [1.54, 1.807) is 12.1 Å². The molecule has 0 spiro atoms. The Labute approximate surface area is 149 Å². The van der Waals surface area contributed by atoms with Crippen LogP contribution < -0.4 is 5.32 Å². The molecule has 0 unspecified atom stereocenters. The van der Waals surface area contributed by atoms with Gasteiger partial charge in [0, 0.05) is 6.92 Å². The molecule has 132 valence electrons. The van der Waals surface area contributed by atoms with E-state index in [1.165, 1.54) is 43.4 Å². The summed E-state index contributed by atoms with van der Waals surface area (Å²) in [4.78, 5) is 36.9. The zero-order chi connectivity index (χ0) is 18.4. The van der Waals surface area contributed by atoms with Crippen LogP contribution in [0.3, 0.4) is 0 Å². The SMILES string of the molecule is COC(=O)c1ccc(Cl)c(NC(=O)CN(Cc2ccco2)C(C)=O)c1. The van der Waals surface area contributed by atoms with E-state index < -0.39 is 11.9 Å².